The fourth-order valence-electron chi connectivity index (χ4n) is 3.35. The summed E-state index contributed by atoms with van der Waals surface area (Å²) in [6.07, 6.45) is -10.0. The number of phosphoric ester groups is 1. The van der Waals surface area contributed by atoms with Gasteiger partial charge in [-0.2, -0.15) is 0 Å². The predicted octanol–water partition coefficient (Wildman–Crippen LogP) is -3.53. The van der Waals surface area contributed by atoms with Crippen molar-refractivity contribution in [3.63, 3.8) is 0 Å². The summed E-state index contributed by atoms with van der Waals surface area (Å²) < 4.78 is 44.5. The number of hydrogen-bond acceptors (Lipinski definition) is 13. The molecule has 0 amide bonds. The van der Waals surface area contributed by atoms with E-state index in [-0.39, 0.29) is 0 Å². The zero-order valence-electron chi connectivity index (χ0n) is 17.6. The molecule has 198 valence electrons. The Morgan fingerprint density at radius 2 is 1.74 bits per heavy atom. The average molecular weight is 546 g/mol. The third-order valence-electron chi connectivity index (χ3n) is 5.02. The Kier molecular flexibility index (Phi) is 8.53. The first kappa shape index (κ1) is 27.9. The number of rotatable bonds is 9. The Hall–Kier alpha value is -1.72. The van der Waals surface area contributed by atoms with E-state index in [0.717, 1.165) is 22.9 Å². The molecule has 8 N–H and O–H groups in total. The molecule has 0 saturated carbocycles. The molecule has 9 atom stereocenters. The molecular formula is C16H24N2O15P2. The summed E-state index contributed by atoms with van der Waals surface area (Å²) in [6, 6.07) is 0.955. The van der Waals surface area contributed by atoms with Crippen LogP contribution in [0.3, 0.4) is 0 Å². The summed E-state index contributed by atoms with van der Waals surface area (Å²) in [5.74, 6) is -0.403. The second kappa shape index (κ2) is 10.7. The zero-order valence-corrected chi connectivity index (χ0v) is 19.4. The monoisotopic (exact) mass is 546 g/mol. The van der Waals surface area contributed by atoms with Gasteiger partial charge in [0.25, 0.3) is 5.56 Å². The molecule has 3 heterocycles. The number of allylic oxidation sites excluding steroid dienone is 1. The summed E-state index contributed by atoms with van der Waals surface area (Å²) in [6.45, 7) is -1.67. The number of hydrogen-bond donors (Lipinski definition) is 8. The maximum atomic E-state index is 12.3. The Morgan fingerprint density at radius 3 is 2.37 bits per heavy atom. The van der Waals surface area contributed by atoms with E-state index >= 15 is 0 Å². The van der Waals surface area contributed by atoms with Gasteiger partial charge in [0.2, 0.25) is 0 Å². The van der Waals surface area contributed by atoms with Crippen LogP contribution >= 0.6 is 15.4 Å². The van der Waals surface area contributed by atoms with Crippen molar-refractivity contribution in [1.82, 2.24) is 9.55 Å². The fourth-order valence-corrected chi connectivity index (χ4v) is 5.97. The van der Waals surface area contributed by atoms with E-state index in [9.17, 15) is 48.9 Å². The molecule has 17 nitrogen and oxygen atoms in total. The van der Waals surface area contributed by atoms with Crippen LogP contribution in [0.1, 0.15) is 6.23 Å². The van der Waals surface area contributed by atoms with Crippen molar-refractivity contribution in [3.05, 3.63) is 44.9 Å². The highest BCUT2D eigenvalue weighted by molar-refractivity contribution is 7.64. The third kappa shape index (κ3) is 6.74. The number of nitrogens with one attached hydrogen (secondary N) is 1. The van der Waals surface area contributed by atoms with E-state index in [1.165, 1.54) is 0 Å². The van der Waals surface area contributed by atoms with Crippen molar-refractivity contribution in [1.29, 1.82) is 0 Å². The van der Waals surface area contributed by atoms with Crippen LogP contribution in [0.25, 0.3) is 0 Å². The third-order valence-corrected chi connectivity index (χ3v) is 8.05. The average Bonchev–Trinajstić information content (AvgIpc) is 3.02. The highest BCUT2D eigenvalue weighted by atomic mass is 31.3. The Morgan fingerprint density at radius 1 is 1.06 bits per heavy atom. The van der Waals surface area contributed by atoms with Gasteiger partial charge in [-0.25, -0.2) is 13.7 Å². The lowest BCUT2D eigenvalue weighted by molar-refractivity contribution is -0.0902. The van der Waals surface area contributed by atoms with Gasteiger partial charge in [0, 0.05) is 12.3 Å². The molecule has 1 fully saturated rings. The number of aromatic nitrogens is 2. The van der Waals surface area contributed by atoms with Gasteiger partial charge in [-0.05, 0) is 6.08 Å². The molecule has 19 heteroatoms. The molecule has 6 unspecified atom stereocenters. The highest BCUT2D eigenvalue weighted by Crippen LogP contribution is 2.60. The highest BCUT2D eigenvalue weighted by Gasteiger charge is 2.46. The number of nitrogens with zero attached hydrogens (tertiary/aromatic N) is 1. The van der Waals surface area contributed by atoms with Crippen LogP contribution in [0, 0.1) is 0 Å². The maximum Gasteiger partial charge on any atom is 0.479 e. The summed E-state index contributed by atoms with van der Waals surface area (Å²) in [5, 5.41) is 48.8. The van der Waals surface area contributed by atoms with Crippen LogP contribution in [-0.4, -0.2) is 101 Å². The van der Waals surface area contributed by atoms with E-state index in [4.69, 9.17) is 14.6 Å². The van der Waals surface area contributed by atoms with Gasteiger partial charge in [-0.1, -0.05) is 0 Å². The summed E-state index contributed by atoms with van der Waals surface area (Å²) in [7, 11) is -10.2. The molecule has 2 aliphatic heterocycles. The summed E-state index contributed by atoms with van der Waals surface area (Å²) >= 11 is 0. The number of aromatic amines is 1. The Labute approximate surface area is 195 Å². The van der Waals surface area contributed by atoms with Crippen molar-refractivity contribution in [2.75, 3.05) is 19.4 Å². The predicted molar refractivity (Wildman–Crippen MR) is 111 cm³/mol. The van der Waals surface area contributed by atoms with Crippen LogP contribution in [0.15, 0.2) is 33.7 Å². The molecule has 2 aliphatic rings. The number of ether oxygens (including phenoxy) is 2. The number of phosphoric acid groups is 1. The lowest BCUT2D eigenvalue weighted by atomic mass is 10.1. The van der Waals surface area contributed by atoms with E-state index in [1.807, 2.05) is 4.98 Å². The van der Waals surface area contributed by atoms with Crippen LogP contribution in [-0.2, 0) is 27.4 Å². The first-order valence-electron chi connectivity index (χ1n) is 9.91. The number of aliphatic hydroxyl groups excluding tert-OH is 5. The normalized spacial score (nSPS) is 34.5. The van der Waals surface area contributed by atoms with Crippen molar-refractivity contribution in [3.8, 4) is 0 Å². The van der Waals surface area contributed by atoms with Crippen molar-refractivity contribution in [2.24, 2.45) is 0 Å². The van der Waals surface area contributed by atoms with Crippen LogP contribution < -0.4 is 11.2 Å². The van der Waals surface area contributed by atoms with Crippen molar-refractivity contribution in [2.45, 2.75) is 42.9 Å². The van der Waals surface area contributed by atoms with Gasteiger partial charge in [-0.3, -0.25) is 23.4 Å². The minimum absolute atomic E-state index is 0.403. The van der Waals surface area contributed by atoms with Gasteiger partial charge < -0.3 is 44.8 Å². The van der Waals surface area contributed by atoms with Crippen LogP contribution in [0.5, 0.6) is 0 Å². The van der Waals surface area contributed by atoms with E-state index in [1.54, 1.807) is 0 Å². The largest absolute Gasteiger partial charge is 0.489 e. The maximum absolute atomic E-state index is 12.3. The molecule has 0 aromatic carbocycles. The fraction of sp³-hybridized carbons (Fsp3) is 0.625. The Balaban J connectivity index is 1.61. The summed E-state index contributed by atoms with van der Waals surface area (Å²) in [5.41, 5.74) is -1.69. The minimum atomic E-state index is -5.28. The molecule has 1 aromatic rings. The topological polar surface area (TPSA) is 268 Å². The first-order valence-corrected chi connectivity index (χ1v) is 13.2. The molecule has 35 heavy (non-hydrogen) atoms. The summed E-state index contributed by atoms with van der Waals surface area (Å²) in [4.78, 5) is 44.8. The van der Waals surface area contributed by atoms with Crippen LogP contribution in [0.2, 0.25) is 0 Å². The van der Waals surface area contributed by atoms with Gasteiger partial charge in [0.15, 0.2) is 6.23 Å². The zero-order chi connectivity index (χ0) is 26.1. The SMILES string of the molecule is O=c1ccn(C2O[C@H](COP(=O)(O)OP(=O)(O)CC3=CC(O)C(O)C(CO)O3)[C@@H](O)[C@H]2O)c(=O)[nH]1. The molecular weight excluding hydrogens is 522 g/mol. The van der Waals surface area contributed by atoms with E-state index in [2.05, 4.69) is 8.83 Å². The quantitative estimate of drug-likeness (QED) is 0.139. The molecule has 0 spiro atoms. The molecule has 0 radical (unpaired) electrons. The van der Waals surface area contributed by atoms with E-state index in [0.29, 0.717) is 0 Å². The Bertz CT molecular complexity index is 1150. The molecule has 1 saturated heterocycles. The molecule has 1 aromatic heterocycles. The lowest BCUT2D eigenvalue weighted by Crippen LogP contribution is -2.44. The van der Waals surface area contributed by atoms with Gasteiger partial charge in [0.1, 0.15) is 48.5 Å². The first-order chi connectivity index (χ1) is 16.2. The lowest BCUT2D eigenvalue weighted by Gasteiger charge is -2.31. The molecule has 3 rings (SSSR count). The second-order valence-corrected chi connectivity index (χ2v) is 11.1. The van der Waals surface area contributed by atoms with Gasteiger partial charge in [0.05, 0.1) is 13.2 Å². The second-order valence-electron chi connectivity index (χ2n) is 7.66. The van der Waals surface area contributed by atoms with Crippen molar-refractivity contribution >= 4 is 15.4 Å². The van der Waals surface area contributed by atoms with Crippen LogP contribution in [0.4, 0.5) is 0 Å². The number of aliphatic hydroxyl groups is 5. The van der Waals surface area contributed by atoms with Gasteiger partial charge >= 0.3 is 21.1 Å². The van der Waals surface area contributed by atoms with Gasteiger partial charge in [-0.15, -0.1) is 0 Å². The standard InChI is InChI=1S/C16H24N2O15P2/c19-4-9-12(22)8(20)3-7(31-9)6-34(26,27)33-35(28,29)30-5-10-13(23)14(24)15(32-10)18-2-1-11(21)17-16(18)25/h1-3,8-10,12-15,19-20,22-24H,4-6H2,(H,26,27)(H,28,29)(H,17,21,25)/t8?,9?,10-,12?,13-,14-,15?/m1/s1. The minimum Gasteiger partial charge on any atom is -0.489 e. The van der Waals surface area contributed by atoms with E-state index < -0.39 is 94.7 Å². The smallest absolute Gasteiger partial charge is 0.479 e. The van der Waals surface area contributed by atoms with Crippen molar-refractivity contribution < 1.29 is 62.8 Å². The molecule has 0 aliphatic carbocycles. The molecule has 0 bridgehead atoms. The number of H-pyrrole nitrogens is 1.